The number of rotatable bonds is 14. The van der Waals surface area contributed by atoms with E-state index in [0.29, 0.717) is 0 Å². The minimum Gasteiger partial charge on any atom is -0.0628 e. The van der Waals surface area contributed by atoms with Gasteiger partial charge in [-0.2, -0.15) is 0 Å². The number of hydrogen-bond acceptors (Lipinski definition) is 0. The first-order chi connectivity index (χ1) is 17.3. The summed E-state index contributed by atoms with van der Waals surface area (Å²) >= 11 is 0. The average Bonchev–Trinajstić information content (AvgIpc) is 3.72. The van der Waals surface area contributed by atoms with Gasteiger partial charge in [0, 0.05) is 0 Å². The Labute approximate surface area is 225 Å². The van der Waals surface area contributed by atoms with Gasteiger partial charge in [-0.25, -0.2) is 0 Å². The van der Waals surface area contributed by atoms with Crippen molar-refractivity contribution in [3.05, 3.63) is 0 Å². The summed E-state index contributed by atoms with van der Waals surface area (Å²) in [5.41, 5.74) is 0.797. The fraction of sp³-hybridized carbons (Fsp3) is 1.00. The number of hydrogen-bond donors (Lipinski definition) is 0. The summed E-state index contributed by atoms with van der Waals surface area (Å²) in [6.07, 6.45) is 23.6. The van der Waals surface area contributed by atoms with E-state index in [1.54, 1.807) is 77.0 Å². The van der Waals surface area contributed by atoms with Crippen LogP contribution in [0.25, 0.3) is 0 Å². The van der Waals surface area contributed by atoms with Crippen LogP contribution in [0.1, 0.15) is 138 Å². The minimum atomic E-state index is 0.797. The van der Waals surface area contributed by atoms with Crippen LogP contribution in [0.4, 0.5) is 0 Å². The molecule has 0 aromatic carbocycles. The molecule has 0 heterocycles. The first-order valence-electron chi connectivity index (χ1n) is 17.3. The first kappa shape index (κ1) is 26.2. The highest BCUT2D eigenvalue weighted by Crippen LogP contribution is 2.69. The molecular formula is C36H62. The fourth-order valence-electron chi connectivity index (χ4n) is 10.9. The molecule has 6 aliphatic rings. The molecule has 0 radical (unpaired) electrons. The van der Waals surface area contributed by atoms with Crippen molar-refractivity contribution < 1.29 is 0 Å². The van der Waals surface area contributed by atoms with Crippen molar-refractivity contribution in [1.82, 2.24) is 0 Å². The second-order valence-corrected chi connectivity index (χ2v) is 16.6. The molecule has 0 spiro atoms. The van der Waals surface area contributed by atoms with Crippen LogP contribution in [0, 0.1) is 88.3 Å². The van der Waals surface area contributed by atoms with Crippen LogP contribution in [0.15, 0.2) is 0 Å². The molecule has 0 nitrogen and oxygen atoms in total. The van der Waals surface area contributed by atoms with Crippen LogP contribution in [0.2, 0.25) is 0 Å². The standard InChI is InChI=1S/C36H62/c1-22(2)8-7-9-27-20-28(25(27)5)16-18-36(29-10-11-29)19-17-34-33(35(34)21-36)15-14-32-26(6)31(32)13-12-30-23(3)24(30)4/h22-35H,7-21H2,1-6H3. The van der Waals surface area contributed by atoms with Crippen LogP contribution in [0.3, 0.4) is 0 Å². The van der Waals surface area contributed by atoms with Crippen LogP contribution in [-0.2, 0) is 0 Å². The van der Waals surface area contributed by atoms with Crippen molar-refractivity contribution in [2.75, 3.05) is 0 Å². The van der Waals surface area contributed by atoms with Crippen molar-refractivity contribution in [2.45, 2.75) is 138 Å². The summed E-state index contributed by atoms with van der Waals surface area (Å²) in [5.74, 6) is 15.1. The molecule has 36 heavy (non-hydrogen) atoms. The van der Waals surface area contributed by atoms with Gasteiger partial charge in [0.2, 0.25) is 0 Å². The second kappa shape index (κ2) is 10.2. The van der Waals surface area contributed by atoms with E-state index in [1.165, 1.54) is 19.3 Å². The highest BCUT2D eigenvalue weighted by molar-refractivity contribution is 5.09. The monoisotopic (exact) mass is 494 g/mol. The van der Waals surface area contributed by atoms with E-state index >= 15 is 0 Å². The van der Waals surface area contributed by atoms with Crippen LogP contribution in [-0.4, -0.2) is 0 Å². The van der Waals surface area contributed by atoms with Crippen LogP contribution < -0.4 is 0 Å². The van der Waals surface area contributed by atoms with Crippen molar-refractivity contribution in [2.24, 2.45) is 88.3 Å². The maximum absolute atomic E-state index is 2.61. The third kappa shape index (κ3) is 5.25. The molecule has 0 heteroatoms. The molecule has 0 aliphatic heterocycles. The Morgan fingerprint density at radius 1 is 0.639 bits per heavy atom. The summed E-state index contributed by atoms with van der Waals surface area (Å²) < 4.78 is 0. The zero-order valence-electron chi connectivity index (χ0n) is 25.2. The summed E-state index contributed by atoms with van der Waals surface area (Å²) in [4.78, 5) is 0. The summed E-state index contributed by atoms with van der Waals surface area (Å²) in [6.45, 7) is 15.0. The lowest BCUT2D eigenvalue weighted by Crippen LogP contribution is -2.36. The summed E-state index contributed by atoms with van der Waals surface area (Å²) in [5, 5.41) is 0. The fourth-order valence-corrected chi connectivity index (χ4v) is 10.9. The number of fused-ring (bicyclic) bond motifs is 1. The third-order valence-electron chi connectivity index (χ3n) is 14.5. The van der Waals surface area contributed by atoms with Crippen molar-refractivity contribution in [3.63, 3.8) is 0 Å². The highest BCUT2D eigenvalue weighted by atomic mass is 14.6. The second-order valence-electron chi connectivity index (χ2n) is 16.6. The normalized spacial score (nSPS) is 51.1. The van der Waals surface area contributed by atoms with Crippen LogP contribution in [0.5, 0.6) is 0 Å². The van der Waals surface area contributed by atoms with Gasteiger partial charge in [-0.1, -0.05) is 60.8 Å². The molecule has 0 aromatic rings. The van der Waals surface area contributed by atoms with Crippen LogP contribution >= 0.6 is 0 Å². The summed E-state index contributed by atoms with van der Waals surface area (Å²) in [7, 11) is 0. The first-order valence-corrected chi connectivity index (χ1v) is 17.3. The Bertz CT molecular complexity index is 739. The minimum absolute atomic E-state index is 0.797. The Morgan fingerprint density at radius 2 is 1.28 bits per heavy atom. The lowest BCUT2D eigenvalue weighted by Gasteiger charge is -2.46. The van der Waals surface area contributed by atoms with Crippen molar-refractivity contribution in [3.8, 4) is 0 Å². The maximum Gasteiger partial charge on any atom is -0.0266 e. The van der Waals surface area contributed by atoms with E-state index in [0.717, 1.165) is 88.3 Å². The quantitative estimate of drug-likeness (QED) is 0.225. The predicted molar refractivity (Wildman–Crippen MR) is 155 cm³/mol. The molecule has 0 aromatic heterocycles. The molecule has 6 rings (SSSR count). The van der Waals surface area contributed by atoms with E-state index in [4.69, 9.17) is 0 Å². The lowest BCUT2D eigenvalue weighted by atomic mass is 9.59. The van der Waals surface area contributed by atoms with E-state index in [2.05, 4.69) is 41.5 Å². The van der Waals surface area contributed by atoms with Gasteiger partial charge in [-0.05, 0) is 165 Å². The molecule has 0 N–H and O–H groups in total. The van der Waals surface area contributed by atoms with Gasteiger partial charge in [0.15, 0.2) is 0 Å². The van der Waals surface area contributed by atoms with E-state index < -0.39 is 0 Å². The Kier molecular flexibility index (Phi) is 7.43. The van der Waals surface area contributed by atoms with E-state index in [9.17, 15) is 0 Å². The average molecular weight is 495 g/mol. The third-order valence-corrected chi connectivity index (χ3v) is 14.5. The van der Waals surface area contributed by atoms with Gasteiger partial charge in [0.25, 0.3) is 0 Å². The molecule has 0 saturated heterocycles. The zero-order valence-corrected chi connectivity index (χ0v) is 25.2. The topological polar surface area (TPSA) is 0 Å². The molecule has 206 valence electrons. The Morgan fingerprint density at radius 3 is 1.89 bits per heavy atom. The highest BCUT2D eigenvalue weighted by Gasteiger charge is 2.60. The van der Waals surface area contributed by atoms with E-state index in [1.807, 2.05) is 0 Å². The molecule has 12 unspecified atom stereocenters. The Balaban J connectivity index is 0.920. The van der Waals surface area contributed by atoms with E-state index in [-0.39, 0.29) is 0 Å². The Hall–Kier alpha value is 0. The molecule has 12 atom stereocenters. The SMILES string of the molecule is CC(C)CCCC1CC(CCC2(C3CC3)CCC3C(CCC4C(C)C4CCC4C(C)C4C)C3C2)C1C. The van der Waals surface area contributed by atoms with Gasteiger partial charge in [0.05, 0.1) is 0 Å². The van der Waals surface area contributed by atoms with Gasteiger partial charge in [-0.15, -0.1) is 0 Å². The molecule has 6 aliphatic carbocycles. The van der Waals surface area contributed by atoms with Gasteiger partial charge < -0.3 is 0 Å². The largest absolute Gasteiger partial charge is 0.0628 e. The van der Waals surface area contributed by atoms with Gasteiger partial charge in [0.1, 0.15) is 0 Å². The molecule has 6 saturated carbocycles. The predicted octanol–water partition coefficient (Wildman–Crippen LogP) is 10.7. The van der Waals surface area contributed by atoms with Crippen molar-refractivity contribution in [1.29, 1.82) is 0 Å². The van der Waals surface area contributed by atoms with Gasteiger partial charge >= 0.3 is 0 Å². The molecule has 0 bridgehead atoms. The summed E-state index contributed by atoms with van der Waals surface area (Å²) in [6, 6.07) is 0. The zero-order chi connectivity index (χ0) is 25.2. The molecule has 0 amide bonds. The molecule has 6 fully saturated rings. The smallest absolute Gasteiger partial charge is 0.0266 e. The maximum atomic E-state index is 2.61. The lowest BCUT2D eigenvalue weighted by molar-refractivity contribution is 0.0407. The van der Waals surface area contributed by atoms with Gasteiger partial charge in [-0.3, -0.25) is 0 Å². The van der Waals surface area contributed by atoms with Crippen molar-refractivity contribution >= 4 is 0 Å². The molecular weight excluding hydrogens is 432 g/mol.